The molecule has 1 aliphatic heterocycles. The van der Waals surface area contributed by atoms with Crippen molar-refractivity contribution in [2.75, 3.05) is 6.54 Å². The largest absolute Gasteiger partial charge is 0.274 e. The Morgan fingerprint density at radius 1 is 0.909 bits per heavy atom. The van der Waals surface area contributed by atoms with E-state index < -0.39 is 72.6 Å². The summed E-state index contributed by atoms with van der Waals surface area (Å²) in [5, 5.41) is 0.925. The zero-order chi connectivity index (χ0) is 31.8. The molecule has 0 radical (unpaired) electrons. The molecule has 0 spiro atoms. The molecule has 1 aliphatic rings. The molecule has 1 N–H and O–H groups in total. The van der Waals surface area contributed by atoms with E-state index in [1.54, 1.807) is 42.5 Å². The van der Waals surface area contributed by atoms with Gasteiger partial charge in [-0.15, -0.1) is 4.41 Å². The second kappa shape index (κ2) is 12.5. The fourth-order valence-corrected chi connectivity index (χ4v) is 8.47. The van der Waals surface area contributed by atoms with E-state index in [1.165, 1.54) is 12.1 Å². The van der Waals surface area contributed by atoms with Crippen molar-refractivity contribution in [2.24, 2.45) is 0 Å². The number of benzene rings is 4. The molecule has 44 heavy (non-hydrogen) atoms. The summed E-state index contributed by atoms with van der Waals surface area (Å²) in [7, 11) is -8.72. The van der Waals surface area contributed by atoms with Gasteiger partial charge in [-0.1, -0.05) is 60.2 Å². The maximum Gasteiger partial charge on any atom is 0.253 e. The van der Waals surface area contributed by atoms with Crippen molar-refractivity contribution in [1.82, 2.24) is 14.1 Å². The second-order valence-corrected chi connectivity index (χ2v) is 15.1. The third kappa shape index (κ3) is 6.79. The Morgan fingerprint density at radius 2 is 1.57 bits per heavy atom. The number of nitrogens with zero attached hydrogens (tertiary/aromatic N) is 2. The van der Waals surface area contributed by atoms with E-state index in [-0.39, 0.29) is 23.9 Å². The van der Waals surface area contributed by atoms with Crippen LogP contribution in [-0.2, 0) is 37.1 Å². The molecule has 14 heteroatoms. The van der Waals surface area contributed by atoms with Crippen molar-refractivity contribution >= 4 is 49.4 Å². The first kappa shape index (κ1) is 32.0. The van der Waals surface area contributed by atoms with Crippen LogP contribution in [0.3, 0.4) is 0 Å². The fraction of sp³-hybridized carbons (Fsp3) is 0.233. The van der Waals surface area contributed by atoms with Crippen LogP contribution < -0.4 is 5.43 Å². The molecule has 1 amide bonds. The zero-order valence-corrected chi connectivity index (χ0v) is 25.8. The average molecular weight is 664 g/mol. The predicted octanol–water partition coefficient (Wildman–Crippen LogP) is 4.69. The van der Waals surface area contributed by atoms with Gasteiger partial charge < -0.3 is 0 Å². The van der Waals surface area contributed by atoms with Crippen LogP contribution in [0.5, 0.6) is 0 Å². The lowest BCUT2D eigenvalue weighted by atomic mass is 10.1. The van der Waals surface area contributed by atoms with Gasteiger partial charge in [-0.25, -0.2) is 30.0 Å². The molecule has 4 aromatic rings. The Kier molecular flexibility index (Phi) is 9.10. The smallest absolute Gasteiger partial charge is 0.253 e. The lowest BCUT2D eigenvalue weighted by Crippen LogP contribution is -2.53. The number of hydrogen-bond acceptors (Lipinski definition) is 6. The Labute approximate surface area is 259 Å². The van der Waals surface area contributed by atoms with Gasteiger partial charge in [0.25, 0.3) is 5.91 Å². The van der Waals surface area contributed by atoms with E-state index in [1.807, 2.05) is 19.1 Å². The molecule has 0 aliphatic carbocycles. The normalized spacial score (nSPS) is 17.8. The van der Waals surface area contributed by atoms with E-state index in [9.17, 15) is 34.8 Å². The van der Waals surface area contributed by atoms with Gasteiger partial charge in [-0.05, 0) is 47.9 Å². The third-order valence-electron chi connectivity index (χ3n) is 7.31. The summed E-state index contributed by atoms with van der Waals surface area (Å²) >= 11 is 4.40. The number of nitrogens with one attached hydrogen (secondary N) is 1. The molecule has 0 unspecified atom stereocenters. The van der Waals surface area contributed by atoms with E-state index in [2.05, 4.69) is 18.1 Å². The molecule has 232 valence electrons. The van der Waals surface area contributed by atoms with Gasteiger partial charge in [0.1, 0.15) is 11.9 Å². The molecule has 0 aromatic heterocycles. The van der Waals surface area contributed by atoms with Crippen LogP contribution in [0, 0.1) is 24.4 Å². The number of carbonyl (C=O) groups excluding carboxylic acids is 1. The Bertz CT molecular complexity index is 1940. The number of hydrazine groups is 1. The van der Waals surface area contributed by atoms with Crippen molar-refractivity contribution in [3.8, 4) is 0 Å². The highest BCUT2D eigenvalue weighted by molar-refractivity contribution is 7.89. The van der Waals surface area contributed by atoms with E-state index in [4.69, 9.17) is 0 Å². The van der Waals surface area contributed by atoms with Gasteiger partial charge in [0, 0.05) is 23.4 Å². The van der Waals surface area contributed by atoms with E-state index >= 15 is 0 Å². The van der Waals surface area contributed by atoms with Crippen LogP contribution in [0.1, 0.15) is 23.1 Å². The molecular formula is C30H28F3N3O5S3. The minimum Gasteiger partial charge on any atom is -0.274 e. The summed E-state index contributed by atoms with van der Waals surface area (Å²) in [6.45, 7) is 0.784. The van der Waals surface area contributed by atoms with Crippen LogP contribution >= 0.6 is 12.6 Å². The summed E-state index contributed by atoms with van der Waals surface area (Å²) in [6, 6.07) is 17.6. The van der Waals surface area contributed by atoms with Gasteiger partial charge in [0.05, 0.1) is 17.2 Å². The number of thiol groups is 1. The molecule has 1 heterocycles. The number of sulfonamides is 2. The quantitative estimate of drug-likeness (QED) is 0.154. The van der Waals surface area contributed by atoms with Gasteiger partial charge >= 0.3 is 0 Å². The Morgan fingerprint density at radius 3 is 2.27 bits per heavy atom. The number of fused-ring (bicyclic) bond motifs is 1. The standard InChI is InChI=1S/C30H28F3N3O5S3/c1-19-6-8-20(9-7-19)18-43(38,39)36(16-23-13-27(32)28(33)15-26(23)31)34-30(37)29-14-24(42)17-35(29)44(40,41)25-11-10-21-4-2-3-5-22(21)12-25/h2-13,15,24,29,42H,14,16-18H2,1H3,(H,34,37)/t24-,29+/m1/s1. The van der Waals surface area contributed by atoms with Crippen molar-refractivity contribution < 1.29 is 34.8 Å². The maximum atomic E-state index is 14.6. The topological polar surface area (TPSA) is 104 Å². The molecule has 5 rings (SSSR count). The second-order valence-electron chi connectivity index (χ2n) is 10.6. The van der Waals surface area contributed by atoms with E-state index in [0.29, 0.717) is 21.4 Å². The monoisotopic (exact) mass is 663 g/mol. The fourth-order valence-electron chi connectivity index (χ4n) is 4.97. The molecule has 0 bridgehead atoms. The van der Waals surface area contributed by atoms with Gasteiger partial charge in [-0.2, -0.15) is 16.9 Å². The van der Waals surface area contributed by atoms with E-state index in [0.717, 1.165) is 15.3 Å². The lowest BCUT2D eigenvalue weighted by molar-refractivity contribution is -0.127. The van der Waals surface area contributed by atoms with Crippen molar-refractivity contribution in [1.29, 1.82) is 0 Å². The van der Waals surface area contributed by atoms with Gasteiger partial charge in [0.2, 0.25) is 20.0 Å². The zero-order valence-electron chi connectivity index (χ0n) is 23.3. The van der Waals surface area contributed by atoms with Crippen molar-refractivity contribution in [3.63, 3.8) is 0 Å². The van der Waals surface area contributed by atoms with Gasteiger partial charge in [-0.3, -0.25) is 10.2 Å². The molecule has 1 saturated heterocycles. The minimum absolute atomic E-state index is 0.0485. The summed E-state index contributed by atoms with van der Waals surface area (Å²) in [6.07, 6.45) is -0.0485. The third-order valence-corrected chi connectivity index (χ3v) is 11.1. The summed E-state index contributed by atoms with van der Waals surface area (Å²) in [4.78, 5) is 13.6. The predicted molar refractivity (Wildman–Crippen MR) is 163 cm³/mol. The number of hydrogen-bond donors (Lipinski definition) is 2. The molecule has 4 aromatic carbocycles. The summed E-state index contributed by atoms with van der Waals surface area (Å²) < 4.78 is 98.2. The van der Waals surface area contributed by atoms with Crippen molar-refractivity contribution in [2.45, 2.75) is 41.8 Å². The van der Waals surface area contributed by atoms with Gasteiger partial charge in [0.15, 0.2) is 11.6 Å². The minimum atomic E-state index is -4.46. The Hall–Kier alpha value is -3.43. The number of rotatable bonds is 9. The molecule has 2 atom stereocenters. The number of aryl methyl sites for hydroxylation is 1. The SMILES string of the molecule is Cc1ccc(CS(=O)(=O)N(Cc2cc(F)c(F)cc2F)NC(=O)[C@@H]2C[C@@H](S)CN2S(=O)(=O)c2ccc3ccccc3c2)cc1. The molecule has 1 fully saturated rings. The average Bonchev–Trinajstić information content (AvgIpc) is 3.39. The number of amides is 1. The first-order valence-electron chi connectivity index (χ1n) is 13.4. The van der Waals surface area contributed by atoms with Crippen LogP contribution in [-0.4, -0.2) is 49.3 Å². The number of halogens is 3. The molecule has 0 saturated carbocycles. The summed E-state index contributed by atoms with van der Waals surface area (Å²) in [5.74, 6) is -5.75. The highest BCUT2D eigenvalue weighted by Crippen LogP contribution is 2.31. The number of carbonyl (C=O) groups is 1. The highest BCUT2D eigenvalue weighted by atomic mass is 32.2. The molecular weight excluding hydrogens is 636 g/mol. The van der Waals surface area contributed by atoms with Crippen molar-refractivity contribution in [3.05, 3.63) is 113 Å². The van der Waals surface area contributed by atoms with Crippen LogP contribution in [0.25, 0.3) is 10.8 Å². The Balaban J connectivity index is 1.47. The lowest BCUT2D eigenvalue weighted by Gasteiger charge is -2.28. The first-order chi connectivity index (χ1) is 20.7. The summed E-state index contributed by atoms with van der Waals surface area (Å²) in [5.41, 5.74) is 2.90. The van der Waals surface area contributed by atoms with Crippen LogP contribution in [0.4, 0.5) is 13.2 Å². The first-order valence-corrected chi connectivity index (χ1v) is 17.0. The maximum absolute atomic E-state index is 14.6. The molecule has 8 nitrogen and oxygen atoms in total. The highest BCUT2D eigenvalue weighted by Gasteiger charge is 2.44. The van der Waals surface area contributed by atoms with Crippen LogP contribution in [0.15, 0.2) is 83.8 Å². The van der Waals surface area contributed by atoms with Crippen LogP contribution in [0.2, 0.25) is 0 Å².